The van der Waals surface area contributed by atoms with Crippen molar-refractivity contribution in [2.75, 3.05) is 30.3 Å². The van der Waals surface area contributed by atoms with Gasteiger partial charge in [-0.2, -0.15) is 0 Å². The highest BCUT2D eigenvalue weighted by Crippen LogP contribution is 2.30. The number of ether oxygens (including phenoxy) is 1. The minimum atomic E-state index is -3.85. The summed E-state index contributed by atoms with van der Waals surface area (Å²) >= 11 is 6.33. The van der Waals surface area contributed by atoms with Gasteiger partial charge in [-0.25, -0.2) is 8.42 Å². The number of nitrogens with one attached hydrogen (secondary N) is 1. The van der Waals surface area contributed by atoms with Crippen molar-refractivity contribution in [3.63, 3.8) is 0 Å². The SMILES string of the molecule is CCCCNC(=O)[C@H](C)N(Cc1ccccc1Cl)C(=O)CN(c1ccccc1OCC)S(C)(=O)=O. The fraction of sp³-hybridized carbons (Fsp3) is 0.440. The van der Waals surface area contributed by atoms with Crippen LogP contribution in [0.15, 0.2) is 48.5 Å². The first-order valence-corrected chi connectivity index (χ1v) is 13.8. The molecule has 0 saturated heterocycles. The molecule has 8 nitrogen and oxygen atoms in total. The van der Waals surface area contributed by atoms with E-state index in [2.05, 4.69) is 5.32 Å². The lowest BCUT2D eigenvalue weighted by molar-refractivity contribution is -0.139. The Morgan fingerprint density at radius 3 is 2.37 bits per heavy atom. The molecule has 0 aliphatic heterocycles. The topological polar surface area (TPSA) is 96.0 Å². The van der Waals surface area contributed by atoms with Crippen LogP contribution in [0.1, 0.15) is 39.2 Å². The van der Waals surface area contributed by atoms with E-state index in [4.69, 9.17) is 16.3 Å². The van der Waals surface area contributed by atoms with Crippen molar-refractivity contribution in [2.24, 2.45) is 0 Å². The van der Waals surface area contributed by atoms with E-state index in [1.165, 1.54) is 4.90 Å². The van der Waals surface area contributed by atoms with E-state index in [1.54, 1.807) is 62.4 Å². The molecule has 0 bridgehead atoms. The summed E-state index contributed by atoms with van der Waals surface area (Å²) in [7, 11) is -3.85. The Bertz CT molecular complexity index is 1110. The molecule has 2 amide bonds. The van der Waals surface area contributed by atoms with E-state index in [0.29, 0.717) is 29.5 Å². The zero-order chi connectivity index (χ0) is 26.0. The normalized spacial score (nSPS) is 12.0. The highest BCUT2D eigenvalue weighted by molar-refractivity contribution is 7.92. The molecule has 192 valence electrons. The number of benzene rings is 2. The van der Waals surface area contributed by atoms with Crippen LogP contribution in [0.4, 0.5) is 5.69 Å². The van der Waals surface area contributed by atoms with Gasteiger partial charge in [-0.1, -0.05) is 55.3 Å². The summed E-state index contributed by atoms with van der Waals surface area (Å²) < 4.78 is 32.1. The number of para-hydroxylation sites is 2. The number of amides is 2. The van der Waals surface area contributed by atoms with Crippen molar-refractivity contribution in [3.8, 4) is 5.75 Å². The lowest BCUT2D eigenvalue weighted by Crippen LogP contribution is -2.51. The van der Waals surface area contributed by atoms with Gasteiger partial charge < -0.3 is 15.0 Å². The van der Waals surface area contributed by atoms with Crippen LogP contribution >= 0.6 is 11.6 Å². The predicted molar refractivity (Wildman–Crippen MR) is 139 cm³/mol. The molecule has 0 unspecified atom stereocenters. The molecule has 2 aromatic carbocycles. The van der Waals surface area contributed by atoms with Crippen LogP contribution in [0.25, 0.3) is 0 Å². The molecule has 0 saturated carbocycles. The summed E-state index contributed by atoms with van der Waals surface area (Å²) in [6.45, 7) is 5.79. The van der Waals surface area contributed by atoms with Crippen LogP contribution in [-0.2, 0) is 26.2 Å². The van der Waals surface area contributed by atoms with Gasteiger partial charge >= 0.3 is 0 Å². The molecule has 0 heterocycles. The first kappa shape index (κ1) is 28.5. The fourth-order valence-electron chi connectivity index (χ4n) is 3.46. The first-order chi connectivity index (χ1) is 16.6. The maximum atomic E-state index is 13.6. The van der Waals surface area contributed by atoms with E-state index in [-0.39, 0.29) is 18.1 Å². The Hall–Kier alpha value is -2.78. The molecule has 0 aliphatic carbocycles. The molecule has 0 fully saturated rings. The van der Waals surface area contributed by atoms with Crippen molar-refractivity contribution in [1.82, 2.24) is 10.2 Å². The van der Waals surface area contributed by atoms with Gasteiger partial charge in [0.05, 0.1) is 18.6 Å². The summed E-state index contributed by atoms with van der Waals surface area (Å²) in [5, 5.41) is 3.29. The second kappa shape index (κ2) is 13.3. The van der Waals surface area contributed by atoms with E-state index >= 15 is 0 Å². The molecule has 2 rings (SSSR count). The lowest BCUT2D eigenvalue weighted by atomic mass is 10.1. The van der Waals surface area contributed by atoms with Crippen molar-refractivity contribution < 1.29 is 22.7 Å². The molecule has 10 heteroatoms. The average Bonchev–Trinajstić information content (AvgIpc) is 2.81. The smallest absolute Gasteiger partial charge is 0.244 e. The van der Waals surface area contributed by atoms with Gasteiger partial charge in [0.2, 0.25) is 21.8 Å². The highest BCUT2D eigenvalue weighted by atomic mass is 35.5. The first-order valence-electron chi connectivity index (χ1n) is 11.6. The van der Waals surface area contributed by atoms with E-state index in [1.807, 2.05) is 6.92 Å². The number of rotatable bonds is 13. The summed E-state index contributed by atoms with van der Waals surface area (Å²) in [5.41, 5.74) is 0.902. The summed E-state index contributed by atoms with van der Waals surface area (Å²) in [6.07, 6.45) is 2.76. The van der Waals surface area contributed by atoms with Crippen LogP contribution in [0, 0.1) is 0 Å². The summed E-state index contributed by atoms with van der Waals surface area (Å²) in [5.74, 6) is -0.518. The van der Waals surface area contributed by atoms with E-state index < -0.39 is 28.5 Å². The van der Waals surface area contributed by atoms with Crippen molar-refractivity contribution in [1.29, 1.82) is 0 Å². The molecule has 1 N–H and O–H groups in total. The molecule has 0 radical (unpaired) electrons. The maximum absolute atomic E-state index is 13.6. The zero-order valence-corrected chi connectivity index (χ0v) is 22.2. The third kappa shape index (κ3) is 8.14. The largest absolute Gasteiger partial charge is 0.492 e. The van der Waals surface area contributed by atoms with Crippen LogP contribution in [0.3, 0.4) is 0 Å². The Kier molecular flexibility index (Phi) is 10.9. The molecule has 1 atom stereocenters. The second-order valence-electron chi connectivity index (χ2n) is 8.10. The number of carbonyl (C=O) groups is 2. The van der Waals surface area contributed by atoms with Gasteiger partial charge in [0.25, 0.3) is 0 Å². The quantitative estimate of drug-likeness (QED) is 0.402. The average molecular weight is 524 g/mol. The number of hydrogen-bond donors (Lipinski definition) is 1. The third-order valence-corrected chi connectivity index (χ3v) is 6.90. The number of sulfonamides is 1. The lowest BCUT2D eigenvalue weighted by Gasteiger charge is -2.32. The molecule has 35 heavy (non-hydrogen) atoms. The minimum absolute atomic E-state index is 0.0472. The molecule has 2 aromatic rings. The second-order valence-corrected chi connectivity index (χ2v) is 10.4. The fourth-order valence-corrected chi connectivity index (χ4v) is 4.51. The summed E-state index contributed by atoms with van der Waals surface area (Å²) in [6, 6.07) is 12.8. The van der Waals surface area contributed by atoms with Crippen LogP contribution < -0.4 is 14.4 Å². The Morgan fingerprint density at radius 1 is 1.09 bits per heavy atom. The molecular formula is C25H34ClN3O5S. The number of hydrogen-bond acceptors (Lipinski definition) is 5. The molecule has 0 aliphatic rings. The van der Waals surface area contributed by atoms with Gasteiger partial charge in [-0.3, -0.25) is 13.9 Å². The predicted octanol–water partition coefficient (Wildman–Crippen LogP) is 3.84. The Balaban J connectivity index is 2.41. The summed E-state index contributed by atoms with van der Waals surface area (Å²) in [4.78, 5) is 27.8. The van der Waals surface area contributed by atoms with Crippen molar-refractivity contribution in [2.45, 2.75) is 46.2 Å². The minimum Gasteiger partial charge on any atom is -0.492 e. The standard InChI is InChI=1S/C25H34ClN3O5S/c1-5-7-16-27-25(31)19(3)28(17-20-12-8-9-13-21(20)26)24(30)18-29(35(4,32)33)22-14-10-11-15-23(22)34-6-2/h8-15,19H,5-7,16-18H2,1-4H3,(H,27,31)/t19-/m0/s1. The van der Waals surface area contributed by atoms with Crippen molar-refractivity contribution >= 4 is 39.1 Å². The number of carbonyl (C=O) groups excluding carboxylic acids is 2. The number of nitrogens with zero attached hydrogens (tertiary/aromatic N) is 2. The Labute approximate surface area is 213 Å². The van der Waals surface area contributed by atoms with Gasteiger partial charge in [-0.15, -0.1) is 0 Å². The Morgan fingerprint density at radius 2 is 1.74 bits per heavy atom. The van der Waals surface area contributed by atoms with Gasteiger partial charge in [0, 0.05) is 18.1 Å². The van der Waals surface area contributed by atoms with E-state index in [0.717, 1.165) is 23.4 Å². The molecular weight excluding hydrogens is 490 g/mol. The number of halogens is 1. The monoisotopic (exact) mass is 523 g/mol. The van der Waals surface area contributed by atoms with Crippen LogP contribution in [0.2, 0.25) is 5.02 Å². The van der Waals surface area contributed by atoms with Gasteiger partial charge in [0.1, 0.15) is 18.3 Å². The maximum Gasteiger partial charge on any atom is 0.244 e. The number of anilines is 1. The number of unbranched alkanes of at least 4 members (excludes halogenated alkanes) is 1. The molecule has 0 aromatic heterocycles. The van der Waals surface area contributed by atoms with E-state index in [9.17, 15) is 18.0 Å². The van der Waals surface area contributed by atoms with Gasteiger partial charge in [0.15, 0.2) is 0 Å². The van der Waals surface area contributed by atoms with Crippen LogP contribution in [-0.4, -0.2) is 57.1 Å². The van der Waals surface area contributed by atoms with Crippen molar-refractivity contribution in [3.05, 3.63) is 59.1 Å². The highest BCUT2D eigenvalue weighted by Gasteiger charge is 2.31. The third-order valence-electron chi connectivity index (χ3n) is 5.41. The van der Waals surface area contributed by atoms with Gasteiger partial charge in [-0.05, 0) is 44.0 Å². The molecule has 0 spiro atoms. The van der Waals surface area contributed by atoms with Crippen LogP contribution in [0.5, 0.6) is 5.75 Å². The zero-order valence-electron chi connectivity index (χ0n) is 20.7.